The molecule has 0 aliphatic rings. The van der Waals surface area contributed by atoms with E-state index in [0.29, 0.717) is 17.1 Å². The minimum atomic E-state index is -0.955. The smallest absolute Gasteiger partial charge is 0.168 e. The first-order valence-electron chi connectivity index (χ1n) is 7.78. The number of pyridine rings is 1. The minimum Gasteiger partial charge on any atom is -0.397 e. The number of rotatable bonds is 4. The Kier molecular flexibility index (Phi) is 4.05. The van der Waals surface area contributed by atoms with Gasteiger partial charge in [0.05, 0.1) is 27.5 Å². The van der Waals surface area contributed by atoms with E-state index < -0.39 is 6.23 Å². The molecular formula is C19H16N4OS. The second kappa shape index (κ2) is 6.51. The average Bonchev–Trinajstić information content (AvgIpc) is 3.18. The fraction of sp³-hybridized carbons (Fsp3) is 0.0526. The molecule has 6 heteroatoms. The van der Waals surface area contributed by atoms with Crippen molar-refractivity contribution in [2.75, 3.05) is 11.1 Å². The maximum absolute atomic E-state index is 10.5. The lowest BCUT2D eigenvalue weighted by Gasteiger charge is -2.16. The molecule has 0 amide bonds. The molecule has 0 saturated carbocycles. The van der Waals surface area contributed by atoms with Gasteiger partial charge < -0.3 is 16.2 Å². The summed E-state index contributed by atoms with van der Waals surface area (Å²) in [5.74, 6) is 0. The van der Waals surface area contributed by atoms with Crippen LogP contribution in [0.5, 0.6) is 0 Å². The number of aliphatic hydroxyl groups excluding tert-OH is 1. The second-order valence-electron chi connectivity index (χ2n) is 5.67. The molecule has 0 saturated heterocycles. The Labute approximate surface area is 148 Å². The van der Waals surface area contributed by atoms with Gasteiger partial charge in [-0.25, -0.2) is 0 Å². The summed E-state index contributed by atoms with van der Waals surface area (Å²) in [7, 11) is 0. The fourth-order valence-corrected chi connectivity index (χ4v) is 3.28. The van der Waals surface area contributed by atoms with Crippen LogP contribution in [-0.4, -0.2) is 15.1 Å². The molecule has 0 aliphatic carbocycles. The first kappa shape index (κ1) is 15.6. The number of hydrogen-bond donors (Lipinski definition) is 3. The zero-order valence-electron chi connectivity index (χ0n) is 13.3. The van der Waals surface area contributed by atoms with Crippen LogP contribution in [0, 0.1) is 0 Å². The molecule has 4 aromatic rings. The van der Waals surface area contributed by atoms with Gasteiger partial charge in [-0.2, -0.15) is 0 Å². The molecule has 1 atom stereocenters. The van der Waals surface area contributed by atoms with Crippen molar-refractivity contribution in [1.82, 2.24) is 9.97 Å². The average molecular weight is 348 g/mol. The highest BCUT2D eigenvalue weighted by Gasteiger charge is 2.12. The number of aliphatic hydroxyl groups is 1. The maximum atomic E-state index is 10.5. The van der Waals surface area contributed by atoms with Crippen LogP contribution in [0.15, 0.2) is 66.4 Å². The van der Waals surface area contributed by atoms with Gasteiger partial charge in [-0.3, -0.25) is 9.97 Å². The molecule has 0 bridgehead atoms. The van der Waals surface area contributed by atoms with Crippen LogP contribution in [-0.2, 0) is 0 Å². The number of nitrogens with zero attached hydrogens (tertiary/aromatic N) is 2. The summed E-state index contributed by atoms with van der Waals surface area (Å²) in [6, 6.07) is 15.4. The largest absolute Gasteiger partial charge is 0.397 e. The van der Waals surface area contributed by atoms with Crippen molar-refractivity contribution in [1.29, 1.82) is 0 Å². The summed E-state index contributed by atoms with van der Waals surface area (Å²) >= 11 is 1.55. The zero-order valence-corrected chi connectivity index (χ0v) is 14.1. The highest BCUT2D eigenvalue weighted by molar-refractivity contribution is 7.13. The Morgan fingerprint density at radius 1 is 1.04 bits per heavy atom. The summed E-state index contributed by atoms with van der Waals surface area (Å²) in [5.41, 5.74) is 10.6. The predicted octanol–water partition coefficient (Wildman–Crippen LogP) is 4.04. The summed E-state index contributed by atoms with van der Waals surface area (Å²) < 4.78 is 0. The van der Waals surface area contributed by atoms with Crippen molar-refractivity contribution in [2.24, 2.45) is 0 Å². The number of benzene rings is 2. The molecule has 4 N–H and O–H groups in total. The van der Waals surface area contributed by atoms with Gasteiger partial charge in [0.25, 0.3) is 0 Å². The van der Waals surface area contributed by atoms with Crippen LogP contribution in [0.25, 0.3) is 21.2 Å². The maximum Gasteiger partial charge on any atom is 0.168 e. The molecule has 2 aromatic carbocycles. The lowest BCUT2D eigenvalue weighted by molar-refractivity contribution is 0.203. The highest BCUT2D eigenvalue weighted by Crippen LogP contribution is 2.31. The van der Waals surface area contributed by atoms with E-state index in [1.165, 1.54) is 0 Å². The predicted molar refractivity (Wildman–Crippen MR) is 102 cm³/mol. The van der Waals surface area contributed by atoms with Crippen molar-refractivity contribution >= 4 is 33.5 Å². The highest BCUT2D eigenvalue weighted by atomic mass is 32.1. The lowest BCUT2D eigenvalue weighted by Crippen LogP contribution is -2.12. The first-order valence-corrected chi connectivity index (χ1v) is 8.66. The number of nitrogens with one attached hydrogen (secondary N) is 1. The van der Waals surface area contributed by atoms with E-state index in [9.17, 15) is 5.11 Å². The zero-order chi connectivity index (χ0) is 17.2. The van der Waals surface area contributed by atoms with Crippen LogP contribution in [0.4, 0.5) is 11.4 Å². The van der Waals surface area contributed by atoms with E-state index in [0.717, 1.165) is 21.2 Å². The summed E-state index contributed by atoms with van der Waals surface area (Å²) in [6.45, 7) is 0. The normalized spacial score (nSPS) is 12.2. The Hall–Kier alpha value is -2.96. The topological polar surface area (TPSA) is 84.1 Å². The quantitative estimate of drug-likeness (QED) is 0.383. The molecular weight excluding hydrogens is 332 g/mol. The van der Waals surface area contributed by atoms with Crippen molar-refractivity contribution in [3.63, 3.8) is 0 Å². The Bertz CT molecular complexity index is 1020. The van der Waals surface area contributed by atoms with E-state index in [1.807, 2.05) is 48.5 Å². The van der Waals surface area contributed by atoms with Crippen molar-refractivity contribution in [2.45, 2.75) is 6.23 Å². The van der Waals surface area contributed by atoms with Crippen LogP contribution < -0.4 is 11.1 Å². The molecule has 2 heterocycles. The number of hydrogen-bond acceptors (Lipinski definition) is 6. The number of fused-ring (bicyclic) bond motifs is 1. The molecule has 2 aromatic heterocycles. The van der Waals surface area contributed by atoms with Gasteiger partial charge in [-0.05, 0) is 29.1 Å². The Morgan fingerprint density at radius 3 is 2.68 bits per heavy atom. The molecule has 124 valence electrons. The Balaban J connectivity index is 1.63. The van der Waals surface area contributed by atoms with Gasteiger partial charge in [0.1, 0.15) is 0 Å². The van der Waals surface area contributed by atoms with Gasteiger partial charge in [0.15, 0.2) is 6.23 Å². The van der Waals surface area contributed by atoms with E-state index in [-0.39, 0.29) is 0 Å². The summed E-state index contributed by atoms with van der Waals surface area (Å²) in [5, 5.41) is 15.6. The van der Waals surface area contributed by atoms with Crippen LogP contribution in [0.3, 0.4) is 0 Å². The van der Waals surface area contributed by atoms with E-state index in [4.69, 9.17) is 5.73 Å². The third-order valence-electron chi connectivity index (χ3n) is 3.99. The Morgan fingerprint density at radius 2 is 1.88 bits per heavy atom. The third-order valence-corrected chi connectivity index (χ3v) is 4.82. The molecule has 25 heavy (non-hydrogen) atoms. The van der Waals surface area contributed by atoms with Gasteiger partial charge in [0, 0.05) is 17.8 Å². The number of aromatic nitrogens is 2. The van der Waals surface area contributed by atoms with Crippen LogP contribution >= 0.6 is 11.3 Å². The van der Waals surface area contributed by atoms with Crippen molar-refractivity contribution in [3.05, 3.63) is 72.1 Å². The van der Waals surface area contributed by atoms with Gasteiger partial charge >= 0.3 is 0 Å². The molecule has 0 radical (unpaired) electrons. The van der Waals surface area contributed by atoms with E-state index >= 15 is 0 Å². The van der Waals surface area contributed by atoms with Crippen LogP contribution in [0.1, 0.15) is 11.9 Å². The van der Waals surface area contributed by atoms with E-state index in [1.54, 1.807) is 29.2 Å². The van der Waals surface area contributed by atoms with Gasteiger partial charge in [-0.15, -0.1) is 11.3 Å². The fourth-order valence-electron chi connectivity index (χ4n) is 2.66. The molecule has 0 fully saturated rings. The van der Waals surface area contributed by atoms with E-state index in [2.05, 4.69) is 15.3 Å². The number of thiazole rings is 1. The van der Waals surface area contributed by atoms with Gasteiger partial charge in [0.2, 0.25) is 0 Å². The van der Waals surface area contributed by atoms with Gasteiger partial charge in [-0.1, -0.05) is 30.3 Å². The molecule has 1 unspecified atom stereocenters. The third kappa shape index (κ3) is 3.17. The number of nitrogen functional groups attached to an aromatic ring is 1. The van der Waals surface area contributed by atoms with Crippen molar-refractivity contribution in [3.8, 4) is 10.4 Å². The molecule has 0 aliphatic heterocycles. The summed E-state index contributed by atoms with van der Waals surface area (Å²) in [6.07, 6.45) is 2.61. The molecule has 4 rings (SSSR count). The standard InChI is InChI=1S/C19H16N4OS/c20-15-6-5-13(18-10-21-11-25-18)8-16(15)23-19(24)17-7-12-3-1-2-4-14(12)9-22-17/h1-11,19,23-24H,20H2. The second-order valence-corrected chi connectivity index (χ2v) is 6.56. The lowest BCUT2D eigenvalue weighted by atomic mass is 10.1. The molecule has 0 spiro atoms. The number of anilines is 2. The number of nitrogens with two attached hydrogens (primary N) is 1. The van der Waals surface area contributed by atoms with Crippen LogP contribution in [0.2, 0.25) is 0 Å². The summed E-state index contributed by atoms with van der Waals surface area (Å²) in [4.78, 5) is 9.48. The molecule has 5 nitrogen and oxygen atoms in total. The van der Waals surface area contributed by atoms with Crippen molar-refractivity contribution < 1.29 is 5.11 Å². The minimum absolute atomic E-state index is 0.543. The SMILES string of the molecule is Nc1ccc(-c2cncs2)cc1NC(O)c1cc2ccccc2cn1. The first-order chi connectivity index (χ1) is 12.2. The monoisotopic (exact) mass is 348 g/mol.